The summed E-state index contributed by atoms with van der Waals surface area (Å²) < 4.78 is 13.2. The van der Waals surface area contributed by atoms with Crippen LogP contribution in [0.2, 0.25) is 0 Å². The summed E-state index contributed by atoms with van der Waals surface area (Å²) in [4.78, 5) is 3.70. The number of aryl methyl sites for hydroxylation is 1. The maximum absolute atomic E-state index is 13.2. The summed E-state index contributed by atoms with van der Waals surface area (Å²) in [5.41, 5.74) is 2.82. The number of aromatic nitrogens is 1. The number of pyridine rings is 1. The zero-order valence-electron chi connectivity index (χ0n) is 9.02. The third kappa shape index (κ3) is 2.54. The molecule has 0 fully saturated rings. The van der Waals surface area contributed by atoms with Gasteiger partial charge in [0.05, 0.1) is 6.20 Å². The van der Waals surface area contributed by atoms with Crippen molar-refractivity contribution in [1.29, 1.82) is 0 Å². The quantitative estimate of drug-likeness (QED) is 0.741. The monoisotopic (exact) mass is 213 g/mol. The van der Waals surface area contributed by atoms with Gasteiger partial charge in [-0.15, -0.1) is 0 Å². The van der Waals surface area contributed by atoms with E-state index in [1.165, 1.54) is 11.8 Å². The zero-order chi connectivity index (χ0) is 11.4. The molecule has 2 rings (SSSR count). The van der Waals surface area contributed by atoms with Crippen LogP contribution >= 0.6 is 0 Å². The highest BCUT2D eigenvalue weighted by atomic mass is 19.1. The lowest BCUT2D eigenvalue weighted by molar-refractivity contribution is 0.618. The van der Waals surface area contributed by atoms with Crippen molar-refractivity contribution >= 4 is 12.2 Å². The molecule has 2 heteroatoms. The maximum Gasteiger partial charge on any atom is 0.148 e. The minimum atomic E-state index is -0.300. The summed E-state index contributed by atoms with van der Waals surface area (Å²) in [6.07, 6.45) is 6.44. The lowest BCUT2D eigenvalue weighted by Gasteiger charge is -1.96. The van der Waals surface area contributed by atoms with E-state index in [-0.39, 0.29) is 5.82 Å². The first kappa shape index (κ1) is 10.6. The van der Waals surface area contributed by atoms with Crippen LogP contribution in [0.5, 0.6) is 0 Å². The molecule has 0 unspecified atom stereocenters. The third-order valence-corrected chi connectivity index (χ3v) is 2.34. The molecule has 0 aliphatic rings. The highest BCUT2D eigenvalue weighted by Crippen LogP contribution is 2.11. The molecule has 1 aromatic carbocycles. The Hall–Kier alpha value is -1.96. The van der Waals surface area contributed by atoms with Gasteiger partial charge in [0.1, 0.15) is 5.82 Å². The molecule has 0 aliphatic carbocycles. The lowest BCUT2D eigenvalue weighted by atomic mass is 10.1. The van der Waals surface area contributed by atoms with Crippen molar-refractivity contribution in [2.75, 3.05) is 0 Å². The minimum Gasteiger partial charge on any atom is -0.262 e. The van der Waals surface area contributed by atoms with Gasteiger partial charge in [-0.3, -0.25) is 4.98 Å². The average Bonchev–Trinajstić information content (AvgIpc) is 2.30. The van der Waals surface area contributed by atoms with Crippen LogP contribution in [0.15, 0.2) is 42.7 Å². The van der Waals surface area contributed by atoms with Crippen LogP contribution in [0, 0.1) is 12.7 Å². The van der Waals surface area contributed by atoms with E-state index in [0.29, 0.717) is 5.56 Å². The van der Waals surface area contributed by atoms with Crippen molar-refractivity contribution in [3.05, 3.63) is 65.2 Å². The maximum atomic E-state index is 13.2. The molecule has 0 amide bonds. The summed E-state index contributed by atoms with van der Waals surface area (Å²) in [6, 6.07) is 9.72. The van der Waals surface area contributed by atoms with Crippen LogP contribution < -0.4 is 0 Å². The van der Waals surface area contributed by atoms with Gasteiger partial charge in [0.2, 0.25) is 0 Å². The summed E-state index contributed by atoms with van der Waals surface area (Å²) in [6.45, 7) is 2.04. The summed E-state index contributed by atoms with van der Waals surface area (Å²) in [7, 11) is 0. The average molecular weight is 213 g/mol. The molecule has 0 radical (unpaired) electrons. The van der Waals surface area contributed by atoms with E-state index in [2.05, 4.69) is 4.98 Å². The summed E-state index contributed by atoms with van der Waals surface area (Å²) in [5.74, 6) is -0.300. The zero-order valence-corrected chi connectivity index (χ0v) is 9.02. The van der Waals surface area contributed by atoms with Crippen molar-refractivity contribution in [1.82, 2.24) is 4.98 Å². The first-order valence-corrected chi connectivity index (χ1v) is 5.10. The van der Waals surface area contributed by atoms with Gasteiger partial charge in [0.15, 0.2) is 0 Å². The van der Waals surface area contributed by atoms with Crippen molar-refractivity contribution in [2.45, 2.75) is 6.92 Å². The number of halogens is 1. The predicted molar refractivity (Wildman–Crippen MR) is 64.3 cm³/mol. The Morgan fingerprint density at radius 1 is 1.06 bits per heavy atom. The van der Waals surface area contributed by atoms with Crippen LogP contribution in [-0.4, -0.2) is 4.98 Å². The minimum absolute atomic E-state index is 0.300. The molecule has 0 atom stereocenters. The number of hydrogen-bond donors (Lipinski definition) is 0. The van der Waals surface area contributed by atoms with Crippen LogP contribution in [-0.2, 0) is 0 Å². The Kier molecular flexibility index (Phi) is 3.10. The van der Waals surface area contributed by atoms with Crippen LogP contribution in [0.3, 0.4) is 0 Å². The van der Waals surface area contributed by atoms with Crippen LogP contribution in [0.4, 0.5) is 4.39 Å². The van der Waals surface area contributed by atoms with Gasteiger partial charge in [0, 0.05) is 11.8 Å². The topological polar surface area (TPSA) is 12.9 Å². The smallest absolute Gasteiger partial charge is 0.148 e. The van der Waals surface area contributed by atoms with E-state index >= 15 is 0 Å². The second kappa shape index (κ2) is 4.71. The third-order valence-electron chi connectivity index (χ3n) is 2.34. The fourth-order valence-corrected chi connectivity index (χ4v) is 1.38. The van der Waals surface area contributed by atoms with Gasteiger partial charge in [-0.05, 0) is 18.6 Å². The van der Waals surface area contributed by atoms with Crippen molar-refractivity contribution in [3.8, 4) is 0 Å². The van der Waals surface area contributed by atoms with Gasteiger partial charge in [-0.25, -0.2) is 4.39 Å². The first-order chi connectivity index (χ1) is 7.75. The molecule has 16 heavy (non-hydrogen) atoms. The normalized spacial score (nSPS) is 10.9. The second-order valence-corrected chi connectivity index (χ2v) is 3.64. The standard InChI is InChI=1S/C14H12FN/c1-11-2-4-12(5-3-11)6-7-13-8-9-16-10-14(13)15/h2-10H,1H3. The van der Waals surface area contributed by atoms with Gasteiger partial charge < -0.3 is 0 Å². The molecular formula is C14H12FN. The Morgan fingerprint density at radius 3 is 2.50 bits per heavy atom. The molecule has 0 saturated carbocycles. The number of hydrogen-bond acceptors (Lipinski definition) is 1. The highest BCUT2D eigenvalue weighted by Gasteiger charge is 1.95. The molecule has 2 aromatic rings. The van der Waals surface area contributed by atoms with E-state index in [1.807, 2.05) is 37.3 Å². The van der Waals surface area contributed by atoms with Gasteiger partial charge in [-0.2, -0.15) is 0 Å². The van der Waals surface area contributed by atoms with Gasteiger partial charge >= 0.3 is 0 Å². The largest absolute Gasteiger partial charge is 0.262 e. The van der Waals surface area contributed by atoms with Crippen molar-refractivity contribution in [2.24, 2.45) is 0 Å². The number of nitrogens with zero attached hydrogens (tertiary/aromatic N) is 1. The molecule has 1 nitrogen and oxygen atoms in total. The fraction of sp³-hybridized carbons (Fsp3) is 0.0714. The highest BCUT2D eigenvalue weighted by molar-refractivity contribution is 5.69. The number of rotatable bonds is 2. The molecule has 1 aromatic heterocycles. The molecule has 0 N–H and O–H groups in total. The molecule has 0 bridgehead atoms. The SMILES string of the molecule is Cc1ccc(C=Cc2ccncc2F)cc1. The van der Waals surface area contributed by atoms with Crippen molar-refractivity contribution in [3.63, 3.8) is 0 Å². The molecular weight excluding hydrogens is 201 g/mol. The van der Waals surface area contributed by atoms with Crippen LogP contribution in [0.1, 0.15) is 16.7 Å². The molecule has 0 saturated heterocycles. The van der Waals surface area contributed by atoms with Crippen LogP contribution in [0.25, 0.3) is 12.2 Å². The summed E-state index contributed by atoms with van der Waals surface area (Å²) >= 11 is 0. The molecule has 0 spiro atoms. The molecule has 1 heterocycles. The predicted octanol–water partition coefficient (Wildman–Crippen LogP) is 3.70. The van der Waals surface area contributed by atoms with E-state index in [0.717, 1.165) is 5.56 Å². The fourth-order valence-electron chi connectivity index (χ4n) is 1.38. The summed E-state index contributed by atoms with van der Waals surface area (Å²) in [5, 5.41) is 0. The van der Waals surface area contributed by atoms with E-state index < -0.39 is 0 Å². The Balaban J connectivity index is 2.21. The Morgan fingerprint density at radius 2 is 1.81 bits per heavy atom. The van der Waals surface area contributed by atoms with Gasteiger partial charge in [0.25, 0.3) is 0 Å². The number of benzene rings is 1. The van der Waals surface area contributed by atoms with Gasteiger partial charge in [-0.1, -0.05) is 42.0 Å². The Labute approximate surface area is 94.3 Å². The second-order valence-electron chi connectivity index (χ2n) is 3.64. The molecule has 0 aliphatic heterocycles. The van der Waals surface area contributed by atoms with E-state index in [4.69, 9.17) is 0 Å². The Bertz CT molecular complexity index is 500. The first-order valence-electron chi connectivity index (χ1n) is 5.10. The van der Waals surface area contributed by atoms with E-state index in [1.54, 1.807) is 18.3 Å². The van der Waals surface area contributed by atoms with Crippen molar-refractivity contribution < 1.29 is 4.39 Å². The molecule has 80 valence electrons. The lowest BCUT2D eigenvalue weighted by Crippen LogP contribution is -1.82. The van der Waals surface area contributed by atoms with E-state index in [9.17, 15) is 4.39 Å².